The molecule has 2 aromatic rings. The maximum absolute atomic E-state index is 11.3. The Morgan fingerprint density at radius 2 is 1.41 bits per heavy atom. The van der Waals surface area contributed by atoms with Crippen molar-refractivity contribution in [1.29, 1.82) is 0 Å². The van der Waals surface area contributed by atoms with E-state index < -0.39 is 28.3 Å². The predicted molar refractivity (Wildman–Crippen MR) is 101 cm³/mol. The largest absolute Gasteiger partial charge is 0.318 e. The van der Waals surface area contributed by atoms with Crippen molar-refractivity contribution < 1.29 is 24.1 Å². The fourth-order valence-electron chi connectivity index (χ4n) is 2.45. The summed E-state index contributed by atoms with van der Waals surface area (Å²) in [6.07, 6.45) is 0. The number of nitro groups is 1. The molecule has 0 bridgehead atoms. The van der Waals surface area contributed by atoms with E-state index in [4.69, 9.17) is 0 Å². The van der Waals surface area contributed by atoms with E-state index in [2.05, 4.69) is 42.5 Å². The van der Waals surface area contributed by atoms with Crippen molar-refractivity contribution >= 4 is 72.3 Å². The SMILES string of the molecule is O=C1Nc2c(cc(Br)cc2[N+](=O)[O-])C1=O.O=C1Nc2ccc(Br)cc2C1=O. The second-order valence-electron chi connectivity index (χ2n) is 5.36. The molecule has 0 spiro atoms. The van der Waals surface area contributed by atoms with Crippen molar-refractivity contribution in [2.24, 2.45) is 0 Å². The fraction of sp³-hybridized carbons (Fsp3) is 0. The zero-order chi connectivity index (χ0) is 19.9. The van der Waals surface area contributed by atoms with Gasteiger partial charge in [0.2, 0.25) is 0 Å². The lowest BCUT2D eigenvalue weighted by molar-refractivity contribution is -0.384. The third-order valence-electron chi connectivity index (χ3n) is 3.65. The Labute approximate surface area is 167 Å². The van der Waals surface area contributed by atoms with E-state index in [-0.39, 0.29) is 16.9 Å². The molecule has 9 nitrogen and oxygen atoms in total. The van der Waals surface area contributed by atoms with Gasteiger partial charge in [-0.25, -0.2) is 0 Å². The quantitative estimate of drug-likeness (QED) is 0.353. The highest BCUT2D eigenvalue weighted by Crippen LogP contribution is 2.35. The van der Waals surface area contributed by atoms with Crippen molar-refractivity contribution in [1.82, 2.24) is 0 Å². The molecule has 2 aromatic carbocycles. The number of ketones is 2. The fourth-order valence-corrected chi connectivity index (χ4v) is 3.26. The summed E-state index contributed by atoms with van der Waals surface area (Å²) in [6.45, 7) is 0. The van der Waals surface area contributed by atoms with Gasteiger partial charge >= 0.3 is 0 Å². The number of amides is 2. The summed E-state index contributed by atoms with van der Waals surface area (Å²) in [5.41, 5.74) is 0.737. The maximum Gasteiger partial charge on any atom is 0.297 e. The molecule has 2 amide bonds. The van der Waals surface area contributed by atoms with E-state index in [0.29, 0.717) is 15.7 Å². The predicted octanol–water partition coefficient (Wildman–Crippen LogP) is 3.08. The first kappa shape index (κ1) is 18.9. The molecular formula is C16H7Br2N3O6. The standard InChI is InChI=1S/C8H3BrN2O4.C8H4BrNO2/c9-3-1-4-6(5(2-3)11(14)15)10-8(13)7(4)12;9-4-1-2-6-5(3-4)7(11)8(12)10-6/h1-2H,(H,10,12,13);1-3H,(H,10,11,12). The van der Waals surface area contributed by atoms with Crippen LogP contribution in [0.2, 0.25) is 0 Å². The van der Waals surface area contributed by atoms with Crippen LogP contribution in [0.4, 0.5) is 17.1 Å². The number of nitrogens with zero attached hydrogens (tertiary/aromatic N) is 1. The van der Waals surface area contributed by atoms with Gasteiger partial charge in [0.1, 0.15) is 5.69 Å². The average Bonchev–Trinajstić information content (AvgIpc) is 3.05. The van der Waals surface area contributed by atoms with Gasteiger partial charge in [0.25, 0.3) is 29.1 Å². The number of halogens is 2. The lowest BCUT2D eigenvalue weighted by atomic mass is 10.1. The van der Waals surface area contributed by atoms with Gasteiger partial charge in [-0.1, -0.05) is 31.9 Å². The Balaban J connectivity index is 0.000000159. The molecule has 0 saturated carbocycles. The number of rotatable bonds is 1. The van der Waals surface area contributed by atoms with Gasteiger partial charge in [0, 0.05) is 15.0 Å². The minimum atomic E-state index is -0.841. The van der Waals surface area contributed by atoms with Crippen LogP contribution in [0.1, 0.15) is 20.7 Å². The highest BCUT2D eigenvalue weighted by atomic mass is 79.9. The van der Waals surface area contributed by atoms with Crippen molar-refractivity contribution in [2.75, 3.05) is 10.6 Å². The molecule has 2 aliphatic rings. The Hall–Kier alpha value is -2.92. The molecule has 27 heavy (non-hydrogen) atoms. The Morgan fingerprint density at radius 3 is 2.07 bits per heavy atom. The van der Waals surface area contributed by atoms with Crippen LogP contribution in [0.3, 0.4) is 0 Å². The smallest absolute Gasteiger partial charge is 0.297 e. The summed E-state index contributed by atoms with van der Waals surface area (Å²) in [5.74, 6) is -2.62. The van der Waals surface area contributed by atoms with Gasteiger partial charge < -0.3 is 10.6 Å². The normalized spacial score (nSPS) is 14.0. The van der Waals surface area contributed by atoms with E-state index in [1.807, 2.05) is 0 Å². The lowest BCUT2D eigenvalue weighted by Gasteiger charge is -1.99. The Morgan fingerprint density at radius 1 is 0.815 bits per heavy atom. The number of Topliss-reactive ketones (excluding diaryl/α,β-unsaturated/α-hetero) is 2. The molecule has 2 heterocycles. The Bertz CT molecular complexity index is 1070. The maximum atomic E-state index is 11.3. The third kappa shape index (κ3) is 3.51. The van der Waals surface area contributed by atoms with E-state index in [1.54, 1.807) is 18.2 Å². The van der Waals surface area contributed by atoms with Crippen molar-refractivity contribution in [3.8, 4) is 0 Å². The molecule has 2 N–H and O–H groups in total. The molecule has 0 atom stereocenters. The summed E-state index contributed by atoms with van der Waals surface area (Å²) < 4.78 is 1.18. The van der Waals surface area contributed by atoms with E-state index >= 15 is 0 Å². The van der Waals surface area contributed by atoms with Crippen LogP contribution in [0.5, 0.6) is 0 Å². The van der Waals surface area contributed by atoms with Crippen molar-refractivity contribution in [2.45, 2.75) is 0 Å². The zero-order valence-corrected chi connectivity index (χ0v) is 16.2. The van der Waals surface area contributed by atoms with Crippen molar-refractivity contribution in [3.05, 3.63) is 60.5 Å². The second-order valence-corrected chi connectivity index (χ2v) is 7.19. The summed E-state index contributed by atoms with van der Waals surface area (Å²) in [4.78, 5) is 54.3. The van der Waals surface area contributed by atoms with Gasteiger partial charge in [-0.05, 0) is 24.3 Å². The number of fused-ring (bicyclic) bond motifs is 2. The van der Waals surface area contributed by atoms with Crippen LogP contribution in [0.25, 0.3) is 0 Å². The first-order chi connectivity index (χ1) is 12.7. The monoisotopic (exact) mass is 495 g/mol. The molecule has 0 saturated heterocycles. The van der Waals surface area contributed by atoms with Gasteiger partial charge in [0.05, 0.1) is 21.7 Å². The number of anilines is 2. The second kappa shape index (κ2) is 7.00. The van der Waals surface area contributed by atoms with E-state index in [0.717, 1.165) is 4.47 Å². The highest BCUT2D eigenvalue weighted by Gasteiger charge is 2.34. The van der Waals surface area contributed by atoms with Crippen LogP contribution in [0.15, 0.2) is 39.3 Å². The first-order valence-corrected chi connectivity index (χ1v) is 8.76. The molecule has 4 rings (SSSR count). The summed E-state index contributed by atoms with van der Waals surface area (Å²) in [5, 5.41) is 15.3. The van der Waals surface area contributed by atoms with Crippen LogP contribution < -0.4 is 10.6 Å². The van der Waals surface area contributed by atoms with E-state index in [1.165, 1.54) is 12.1 Å². The topological polar surface area (TPSA) is 135 Å². The van der Waals surface area contributed by atoms with Gasteiger partial charge in [-0.2, -0.15) is 0 Å². The molecule has 0 fully saturated rings. The number of carbonyl (C=O) groups excluding carboxylic acids is 4. The molecular weight excluding hydrogens is 490 g/mol. The Kier molecular flexibility index (Phi) is 4.89. The number of benzene rings is 2. The zero-order valence-electron chi connectivity index (χ0n) is 13.0. The van der Waals surface area contributed by atoms with Crippen LogP contribution in [-0.2, 0) is 9.59 Å². The summed E-state index contributed by atoms with van der Waals surface area (Å²) >= 11 is 6.26. The summed E-state index contributed by atoms with van der Waals surface area (Å²) in [6, 6.07) is 7.72. The number of carbonyl (C=O) groups is 4. The lowest BCUT2D eigenvalue weighted by Crippen LogP contribution is -2.12. The minimum absolute atomic E-state index is 0.0288. The van der Waals surface area contributed by atoms with Gasteiger partial charge in [-0.3, -0.25) is 29.3 Å². The summed E-state index contributed by atoms with van der Waals surface area (Å²) in [7, 11) is 0. The van der Waals surface area contributed by atoms with Crippen LogP contribution in [-0.4, -0.2) is 28.3 Å². The molecule has 11 heteroatoms. The van der Waals surface area contributed by atoms with Crippen LogP contribution in [0, 0.1) is 10.1 Å². The minimum Gasteiger partial charge on any atom is -0.318 e. The number of nitrogens with one attached hydrogen (secondary N) is 2. The molecule has 2 aliphatic heterocycles. The van der Waals surface area contributed by atoms with Crippen molar-refractivity contribution in [3.63, 3.8) is 0 Å². The molecule has 0 unspecified atom stereocenters. The number of hydrogen-bond acceptors (Lipinski definition) is 6. The van der Waals surface area contributed by atoms with E-state index in [9.17, 15) is 29.3 Å². The molecule has 136 valence electrons. The highest BCUT2D eigenvalue weighted by molar-refractivity contribution is 9.10. The first-order valence-electron chi connectivity index (χ1n) is 7.18. The molecule has 0 aliphatic carbocycles. The number of nitro benzene ring substituents is 1. The molecule has 0 radical (unpaired) electrons. The number of hydrogen-bond donors (Lipinski definition) is 2. The average molecular weight is 497 g/mol. The van der Waals surface area contributed by atoms with Gasteiger partial charge in [0.15, 0.2) is 0 Å². The third-order valence-corrected chi connectivity index (χ3v) is 4.60. The molecule has 0 aromatic heterocycles. The van der Waals surface area contributed by atoms with Crippen LogP contribution >= 0.6 is 31.9 Å². The van der Waals surface area contributed by atoms with Gasteiger partial charge in [-0.15, -0.1) is 0 Å².